The van der Waals surface area contributed by atoms with Gasteiger partial charge < -0.3 is 13.7 Å². The first kappa shape index (κ1) is 76.2. The van der Waals surface area contributed by atoms with Gasteiger partial charge in [0.1, 0.15) is 0 Å². The minimum atomic E-state index is 1.16. The molecule has 3 heteroatoms. The largest absolute Gasteiger partial charge is 0.309 e. The van der Waals surface area contributed by atoms with Crippen molar-refractivity contribution in [1.29, 1.82) is 0 Å². The SMILES string of the molecule is c1ccc(-c2ccccc2-c2c3ccccc3c(-c3ccc(-n4c5ccccc5c5ccccc54)cc3)c3ccccc23)cc1.c1ccc2c(-c3c4ccccc4c(-c4ccc(-n5c6ccccc6c6ccccc65)cc4)c4ccccc34)cccc2c1.c1ccc2cc(-c3c4ccccc4c(-c4ccc(-n5c6ccccc6c6ccccc65)cc4)c4ccccc34)ccc2c1. The van der Waals surface area contributed by atoms with E-state index in [-0.39, 0.29) is 0 Å². The van der Waals surface area contributed by atoms with Crippen LogP contribution in [0.15, 0.2) is 504 Å². The summed E-state index contributed by atoms with van der Waals surface area (Å²) in [6.07, 6.45) is 0. The lowest BCUT2D eigenvalue weighted by Crippen LogP contribution is -1.95. The van der Waals surface area contributed by atoms with Gasteiger partial charge in [-0.25, -0.2) is 0 Å². The lowest BCUT2D eigenvalue weighted by molar-refractivity contribution is 1.18. The first-order valence-corrected chi connectivity index (χ1v) is 45.3. The summed E-state index contributed by atoms with van der Waals surface area (Å²) in [5.74, 6) is 0. The van der Waals surface area contributed by atoms with Gasteiger partial charge >= 0.3 is 0 Å². The maximum atomic E-state index is 2.38. The molecule has 27 aromatic rings. The average Bonchev–Trinajstić information content (AvgIpc) is 1.71. The quantitative estimate of drug-likeness (QED) is 0.121. The summed E-state index contributed by atoms with van der Waals surface area (Å²) in [6, 6.07) is 183. The number of nitrogens with zero attached hydrogens (tertiary/aromatic N) is 3. The molecule has 0 aliphatic heterocycles. The highest BCUT2D eigenvalue weighted by Crippen LogP contribution is 2.51. The number of fused-ring (bicyclic) bond motifs is 17. The first-order valence-electron chi connectivity index (χ1n) is 45.3. The molecule has 24 aromatic carbocycles. The Morgan fingerprint density at radius 3 is 0.664 bits per heavy atom. The van der Waals surface area contributed by atoms with Crippen molar-refractivity contribution < 1.29 is 0 Å². The smallest absolute Gasteiger partial charge is 0.0541 e. The predicted octanol–water partition coefficient (Wildman–Crippen LogP) is 35.2. The van der Waals surface area contributed by atoms with Gasteiger partial charge in [-0.05, 0) is 243 Å². The lowest BCUT2D eigenvalue weighted by Gasteiger charge is -2.20. The molecular weight excluding hydrogens is 1580 g/mol. The van der Waals surface area contributed by atoms with Crippen molar-refractivity contribution in [3.8, 4) is 95.0 Å². The Morgan fingerprint density at radius 1 is 0.107 bits per heavy atom. The Morgan fingerprint density at radius 2 is 0.328 bits per heavy atom. The first-order chi connectivity index (χ1) is 65.1. The highest BCUT2D eigenvalue weighted by molar-refractivity contribution is 6.27. The van der Waals surface area contributed by atoms with Gasteiger partial charge in [-0.2, -0.15) is 0 Å². The van der Waals surface area contributed by atoms with Crippen molar-refractivity contribution in [3.05, 3.63) is 504 Å². The summed E-state index contributed by atoms with van der Waals surface area (Å²) in [6.45, 7) is 0. The van der Waals surface area contributed by atoms with Crippen molar-refractivity contribution in [2.24, 2.45) is 0 Å². The zero-order valence-corrected chi connectivity index (χ0v) is 71.8. The van der Waals surface area contributed by atoms with Crippen LogP contribution in [-0.2, 0) is 0 Å². The van der Waals surface area contributed by atoms with Gasteiger partial charge in [0.05, 0.1) is 33.1 Å². The van der Waals surface area contributed by atoms with Crippen LogP contribution in [-0.4, -0.2) is 13.7 Å². The second-order valence-electron chi connectivity index (χ2n) is 34.3. The van der Waals surface area contributed by atoms with Gasteiger partial charge in [-0.3, -0.25) is 0 Å². The molecule has 0 saturated heterocycles. The van der Waals surface area contributed by atoms with E-state index in [4.69, 9.17) is 0 Å². The second-order valence-corrected chi connectivity index (χ2v) is 34.3. The fraction of sp³-hybridized carbons (Fsp3) is 0. The van der Waals surface area contributed by atoms with Crippen LogP contribution in [0, 0.1) is 0 Å². The van der Waals surface area contributed by atoms with E-state index in [1.807, 2.05) is 0 Å². The molecule has 3 heterocycles. The van der Waals surface area contributed by atoms with Gasteiger partial charge in [0.25, 0.3) is 0 Å². The molecule has 0 aliphatic rings. The molecule has 0 bridgehead atoms. The fourth-order valence-corrected chi connectivity index (χ4v) is 21.5. The minimum absolute atomic E-state index is 1.16. The summed E-state index contributed by atoms with van der Waals surface area (Å²) in [4.78, 5) is 0. The Balaban J connectivity index is 0.000000106. The van der Waals surface area contributed by atoms with Crippen LogP contribution in [0.1, 0.15) is 0 Å². The lowest BCUT2D eigenvalue weighted by atomic mass is 9.84. The molecular formula is C128H83N3. The Bertz CT molecular complexity index is 8860. The molecule has 27 rings (SSSR count). The molecule has 0 fully saturated rings. The van der Waals surface area contributed by atoms with Crippen LogP contribution in [0.3, 0.4) is 0 Å². The van der Waals surface area contributed by atoms with Crippen LogP contribution in [0.4, 0.5) is 0 Å². The summed E-state index contributed by atoms with van der Waals surface area (Å²) in [7, 11) is 0. The second kappa shape index (κ2) is 32.0. The van der Waals surface area contributed by atoms with E-state index in [1.165, 1.54) is 241 Å². The van der Waals surface area contributed by atoms with E-state index in [0.717, 1.165) is 5.69 Å². The molecule has 0 aliphatic carbocycles. The summed E-state index contributed by atoms with van der Waals surface area (Å²) in [5, 5.41) is 28.0. The molecule has 0 spiro atoms. The Labute approximate surface area is 758 Å². The number of hydrogen-bond acceptors (Lipinski definition) is 0. The number of rotatable bonds is 10. The predicted molar refractivity (Wildman–Crippen MR) is 560 cm³/mol. The molecule has 0 N–H and O–H groups in total. The van der Waals surface area contributed by atoms with Gasteiger partial charge in [-0.1, -0.05) is 425 Å². The van der Waals surface area contributed by atoms with E-state index >= 15 is 0 Å². The van der Waals surface area contributed by atoms with Crippen molar-refractivity contribution in [1.82, 2.24) is 13.7 Å². The summed E-state index contributed by atoms with van der Waals surface area (Å²) in [5.41, 5.74) is 28.5. The zero-order valence-electron chi connectivity index (χ0n) is 71.8. The topological polar surface area (TPSA) is 14.8 Å². The van der Waals surface area contributed by atoms with Crippen LogP contribution in [0.5, 0.6) is 0 Å². The number of para-hydroxylation sites is 6. The summed E-state index contributed by atoms with van der Waals surface area (Å²) < 4.78 is 7.15. The van der Waals surface area contributed by atoms with E-state index in [9.17, 15) is 0 Å². The monoisotopic (exact) mass is 1660 g/mol. The van der Waals surface area contributed by atoms with E-state index in [1.54, 1.807) is 0 Å². The van der Waals surface area contributed by atoms with Crippen molar-refractivity contribution in [3.63, 3.8) is 0 Å². The molecule has 0 atom stereocenters. The normalized spacial score (nSPS) is 11.7. The van der Waals surface area contributed by atoms with Crippen molar-refractivity contribution >= 4 is 152 Å². The third kappa shape index (κ3) is 12.8. The van der Waals surface area contributed by atoms with Crippen molar-refractivity contribution in [2.45, 2.75) is 0 Å². The Kier molecular flexibility index (Phi) is 18.6. The molecule has 0 amide bonds. The van der Waals surface area contributed by atoms with Gasteiger partial charge in [-0.15, -0.1) is 0 Å². The molecule has 0 saturated carbocycles. The highest BCUT2D eigenvalue weighted by atomic mass is 15.0. The van der Waals surface area contributed by atoms with Gasteiger partial charge in [0.2, 0.25) is 0 Å². The van der Waals surface area contributed by atoms with Crippen LogP contribution in [0.2, 0.25) is 0 Å². The van der Waals surface area contributed by atoms with E-state index < -0.39 is 0 Å². The van der Waals surface area contributed by atoms with Crippen LogP contribution < -0.4 is 0 Å². The molecule has 3 aromatic heterocycles. The highest BCUT2D eigenvalue weighted by Gasteiger charge is 2.25. The van der Waals surface area contributed by atoms with Crippen LogP contribution >= 0.6 is 0 Å². The third-order valence-corrected chi connectivity index (χ3v) is 27.2. The molecule has 610 valence electrons. The molecule has 3 nitrogen and oxygen atoms in total. The number of aromatic nitrogens is 3. The third-order valence-electron chi connectivity index (χ3n) is 27.2. The maximum absolute atomic E-state index is 2.38. The molecule has 0 unspecified atom stereocenters. The van der Waals surface area contributed by atoms with E-state index in [0.29, 0.717) is 0 Å². The van der Waals surface area contributed by atoms with Crippen molar-refractivity contribution in [2.75, 3.05) is 0 Å². The van der Waals surface area contributed by atoms with Gasteiger partial charge in [0, 0.05) is 49.4 Å². The summed E-state index contributed by atoms with van der Waals surface area (Å²) >= 11 is 0. The number of hydrogen-bond donors (Lipinski definition) is 0. The fourth-order valence-electron chi connectivity index (χ4n) is 21.5. The molecule has 0 radical (unpaired) electrons. The maximum Gasteiger partial charge on any atom is 0.0541 e. The standard InChI is InChI=1S/C44H29N.2C42H27N/c1-2-14-30(15-3-1)33-16-4-5-19-36(33)44-39-22-8-6-20-37(39)43(38-21-7-9-23-40(38)44)31-26-28-32(29-27-31)45-41-24-12-10-17-34(41)35-18-11-13-25-42(35)45;1-2-14-31-28(12-1)13-11-21-34(31)42-37-19-5-3-17-35(37)41(36-18-4-6-20-38(36)42)29-24-26-30(27-25-29)43-39-22-9-7-15-32(39)33-16-8-10-23-40(33)43;1-2-12-30-27-31(22-21-28(30)11-1)42-37-17-5-3-15-35(37)41(36-16-4-6-18-38(36)42)29-23-25-32(26-24-29)43-39-19-9-7-13-33(39)34-14-8-10-20-40(34)43/h1-29H;2*1-27H. The van der Waals surface area contributed by atoms with Crippen LogP contribution in [0.25, 0.3) is 247 Å². The van der Waals surface area contributed by atoms with Gasteiger partial charge in [0.15, 0.2) is 0 Å². The average molecular weight is 1660 g/mol. The van der Waals surface area contributed by atoms with E-state index in [2.05, 4.69) is 517 Å². The number of benzene rings is 24. The molecule has 131 heavy (non-hydrogen) atoms. The Hall–Kier alpha value is -17.2. The minimum Gasteiger partial charge on any atom is -0.309 e. The zero-order chi connectivity index (χ0) is 86.4.